The Bertz CT molecular complexity index is 296. The molecule has 1 atom stereocenters. The smallest absolute Gasteiger partial charge is 0.364 e. The Labute approximate surface area is 102 Å². The summed E-state index contributed by atoms with van der Waals surface area (Å²) in [5.41, 5.74) is 0.0544. The fraction of sp³-hybridized carbons (Fsp3) is 0.909. The Morgan fingerprint density at radius 3 is 1.71 bits per heavy atom. The van der Waals surface area contributed by atoms with Gasteiger partial charge in [0.05, 0.1) is 0 Å². The zero-order chi connectivity index (χ0) is 14.2. The second-order valence-electron chi connectivity index (χ2n) is 5.91. The van der Waals surface area contributed by atoms with E-state index in [0.29, 0.717) is 0 Å². The molecule has 0 radical (unpaired) electrons. The summed E-state index contributed by atoms with van der Waals surface area (Å²) in [7, 11) is -1.26. The topological polar surface area (TPSA) is 20.3 Å². The predicted octanol–water partition coefficient (Wildman–Crippen LogP) is 3.79. The third-order valence-electron chi connectivity index (χ3n) is 3.89. The standard InChI is InChI=1S/C11H22F3NOSi/c1-8(2)17(7,10(3,4)5)15(6)9(16)11(12,13)14/h8H,1-7H3. The van der Waals surface area contributed by atoms with Gasteiger partial charge in [-0.25, -0.2) is 0 Å². The summed E-state index contributed by atoms with van der Waals surface area (Å²) in [6.45, 7) is 11.3. The van der Waals surface area contributed by atoms with E-state index >= 15 is 0 Å². The van der Waals surface area contributed by atoms with E-state index < -0.39 is 20.3 Å². The molecule has 0 aliphatic rings. The molecule has 0 aliphatic carbocycles. The summed E-state index contributed by atoms with van der Waals surface area (Å²) < 4.78 is 38.5. The number of rotatable bonds is 2. The molecule has 0 spiro atoms. The molecule has 6 heteroatoms. The van der Waals surface area contributed by atoms with Crippen LogP contribution in [0.1, 0.15) is 34.6 Å². The molecular weight excluding hydrogens is 247 g/mol. The normalized spacial score (nSPS) is 16.9. The predicted molar refractivity (Wildman–Crippen MR) is 65.3 cm³/mol. The van der Waals surface area contributed by atoms with E-state index in [-0.39, 0.29) is 10.6 Å². The van der Waals surface area contributed by atoms with Crippen molar-refractivity contribution in [2.45, 2.75) is 57.9 Å². The summed E-state index contributed by atoms with van der Waals surface area (Å²) in [6.07, 6.45) is -4.79. The number of carbonyl (C=O) groups excluding carboxylic acids is 1. The molecule has 0 aromatic rings. The first-order valence-electron chi connectivity index (χ1n) is 5.61. The molecule has 0 aromatic heterocycles. The first-order valence-corrected chi connectivity index (χ1v) is 8.13. The molecule has 1 amide bonds. The van der Waals surface area contributed by atoms with Crippen LogP contribution in [0.5, 0.6) is 0 Å². The van der Waals surface area contributed by atoms with Crippen molar-refractivity contribution in [3.05, 3.63) is 0 Å². The Hall–Kier alpha value is -0.523. The van der Waals surface area contributed by atoms with Crippen molar-refractivity contribution in [3.63, 3.8) is 0 Å². The molecule has 0 aliphatic heterocycles. The van der Waals surface area contributed by atoms with E-state index in [0.717, 1.165) is 4.57 Å². The molecule has 0 rings (SSSR count). The highest BCUT2D eigenvalue weighted by Gasteiger charge is 2.53. The van der Waals surface area contributed by atoms with Crippen LogP contribution in [0.4, 0.5) is 13.2 Å². The van der Waals surface area contributed by atoms with Crippen LogP contribution in [-0.4, -0.2) is 31.9 Å². The highest BCUT2D eigenvalue weighted by Crippen LogP contribution is 2.45. The van der Waals surface area contributed by atoms with Gasteiger partial charge in [-0.3, -0.25) is 4.79 Å². The van der Waals surface area contributed by atoms with Gasteiger partial charge in [-0.1, -0.05) is 41.2 Å². The number of amides is 1. The summed E-state index contributed by atoms with van der Waals surface area (Å²) >= 11 is 0. The van der Waals surface area contributed by atoms with Gasteiger partial charge in [-0.2, -0.15) is 13.2 Å². The summed E-state index contributed by atoms with van der Waals surface area (Å²) in [6, 6.07) is 0. The van der Waals surface area contributed by atoms with Gasteiger partial charge in [-0.15, -0.1) is 0 Å². The fourth-order valence-electron chi connectivity index (χ4n) is 2.16. The Morgan fingerprint density at radius 2 is 1.53 bits per heavy atom. The average molecular weight is 269 g/mol. The van der Waals surface area contributed by atoms with Crippen molar-refractivity contribution in [1.82, 2.24) is 4.57 Å². The molecular formula is C11H22F3NOSi. The lowest BCUT2D eigenvalue weighted by atomic mass is 10.2. The van der Waals surface area contributed by atoms with Crippen LogP contribution in [0.2, 0.25) is 17.1 Å². The molecule has 17 heavy (non-hydrogen) atoms. The Kier molecular flexibility index (Phi) is 4.48. The van der Waals surface area contributed by atoms with Crippen LogP contribution in [0.25, 0.3) is 0 Å². The quantitative estimate of drug-likeness (QED) is 0.698. The molecule has 0 heterocycles. The van der Waals surface area contributed by atoms with Crippen molar-refractivity contribution >= 4 is 14.1 Å². The van der Waals surface area contributed by atoms with Gasteiger partial charge in [0.15, 0.2) is 8.24 Å². The monoisotopic (exact) mass is 269 g/mol. The summed E-state index contributed by atoms with van der Waals surface area (Å²) in [5, 5.41) is -0.309. The molecule has 2 nitrogen and oxygen atoms in total. The zero-order valence-corrected chi connectivity index (χ0v) is 12.6. The molecule has 0 saturated heterocycles. The van der Waals surface area contributed by atoms with Gasteiger partial charge < -0.3 is 4.57 Å². The first-order chi connectivity index (χ1) is 7.26. The lowest BCUT2D eigenvalue weighted by Gasteiger charge is -2.49. The second kappa shape index (κ2) is 4.63. The van der Waals surface area contributed by atoms with E-state index in [1.165, 1.54) is 7.05 Å². The lowest BCUT2D eigenvalue weighted by molar-refractivity contribution is -0.180. The van der Waals surface area contributed by atoms with Crippen LogP contribution in [0, 0.1) is 0 Å². The maximum absolute atomic E-state index is 12.5. The highest BCUT2D eigenvalue weighted by atomic mass is 28.3. The Balaban J connectivity index is 5.47. The van der Waals surface area contributed by atoms with E-state index in [1.807, 2.05) is 41.2 Å². The van der Waals surface area contributed by atoms with Crippen LogP contribution < -0.4 is 0 Å². The van der Waals surface area contributed by atoms with Gasteiger partial charge >= 0.3 is 12.1 Å². The van der Waals surface area contributed by atoms with Crippen LogP contribution in [0.3, 0.4) is 0 Å². The number of nitrogens with zero attached hydrogens (tertiary/aromatic N) is 1. The minimum Gasteiger partial charge on any atom is -0.364 e. The van der Waals surface area contributed by atoms with Gasteiger partial charge in [0.1, 0.15) is 0 Å². The van der Waals surface area contributed by atoms with Crippen molar-refractivity contribution in [3.8, 4) is 0 Å². The Morgan fingerprint density at radius 1 is 1.18 bits per heavy atom. The molecule has 0 saturated carbocycles. The average Bonchev–Trinajstić information content (AvgIpc) is 2.10. The molecule has 0 bridgehead atoms. The van der Waals surface area contributed by atoms with Crippen molar-refractivity contribution in [2.75, 3.05) is 7.05 Å². The van der Waals surface area contributed by atoms with Crippen LogP contribution in [0.15, 0.2) is 0 Å². The fourth-order valence-corrected chi connectivity index (χ4v) is 6.22. The number of alkyl halides is 3. The molecule has 0 N–H and O–H groups in total. The van der Waals surface area contributed by atoms with Gasteiger partial charge in [0, 0.05) is 7.05 Å². The molecule has 102 valence electrons. The molecule has 0 aromatic carbocycles. The van der Waals surface area contributed by atoms with Gasteiger partial charge in [0.2, 0.25) is 0 Å². The first kappa shape index (κ1) is 16.5. The van der Waals surface area contributed by atoms with Gasteiger partial charge in [-0.05, 0) is 10.6 Å². The van der Waals surface area contributed by atoms with E-state index in [4.69, 9.17) is 0 Å². The SMILES string of the molecule is CC(C)[Si](C)(N(C)C(=O)C(F)(F)F)C(C)(C)C. The minimum atomic E-state index is -4.79. The van der Waals surface area contributed by atoms with Crippen molar-refractivity contribution in [1.29, 1.82) is 0 Å². The maximum atomic E-state index is 12.5. The summed E-state index contributed by atoms with van der Waals surface area (Å²) in [4.78, 5) is 11.4. The van der Waals surface area contributed by atoms with Crippen LogP contribution in [-0.2, 0) is 4.79 Å². The number of halogens is 3. The highest BCUT2D eigenvalue weighted by molar-refractivity contribution is 6.81. The zero-order valence-electron chi connectivity index (χ0n) is 11.6. The van der Waals surface area contributed by atoms with Crippen LogP contribution >= 0.6 is 0 Å². The number of hydrogen-bond acceptors (Lipinski definition) is 1. The van der Waals surface area contributed by atoms with Crippen molar-refractivity contribution in [2.24, 2.45) is 0 Å². The van der Waals surface area contributed by atoms with Gasteiger partial charge in [0.25, 0.3) is 0 Å². The van der Waals surface area contributed by atoms with E-state index in [9.17, 15) is 18.0 Å². The maximum Gasteiger partial charge on any atom is 0.470 e. The third kappa shape index (κ3) is 3.03. The third-order valence-corrected chi connectivity index (χ3v) is 10.8. The number of hydrogen-bond donors (Lipinski definition) is 0. The van der Waals surface area contributed by atoms with Crippen molar-refractivity contribution < 1.29 is 18.0 Å². The second-order valence-corrected chi connectivity index (χ2v) is 11.5. The lowest BCUT2D eigenvalue weighted by Crippen LogP contribution is -2.62. The van der Waals surface area contributed by atoms with E-state index in [2.05, 4.69) is 0 Å². The molecule has 0 fully saturated rings. The largest absolute Gasteiger partial charge is 0.470 e. The number of carbonyl (C=O) groups is 1. The van der Waals surface area contributed by atoms with E-state index in [1.54, 1.807) is 0 Å². The summed E-state index contributed by atoms with van der Waals surface area (Å²) in [5.74, 6) is -1.73. The molecule has 1 unspecified atom stereocenters. The minimum absolute atomic E-state index is 0.0544.